The number of alkyl halides is 2. The third-order valence-corrected chi connectivity index (χ3v) is 4.08. The van der Waals surface area contributed by atoms with E-state index in [0.717, 1.165) is 3.92 Å². The van der Waals surface area contributed by atoms with E-state index in [0.29, 0.717) is 21.2 Å². The molecule has 0 aliphatic carbocycles. The van der Waals surface area contributed by atoms with Gasteiger partial charge < -0.3 is 0 Å². The molecule has 1 aliphatic heterocycles. The number of hydrogen-bond donors (Lipinski definition) is 0. The van der Waals surface area contributed by atoms with Gasteiger partial charge >= 0.3 is 55.1 Å². The molecular formula is C6H10I-. The Morgan fingerprint density at radius 1 is 1.71 bits per heavy atom. The zero-order valence-corrected chi connectivity index (χ0v) is 6.68. The standard InChI is InChI=1S/C6H10I/c1-6-4-2-3-5-7-6/h2,4,6H,3,5H2,1H3/q-1. The Bertz CT molecular complexity index is 76.2. The first kappa shape index (κ1) is 5.60. The molecule has 1 rings (SSSR count). The van der Waals surface area contributed by atoms with Gasteiger partial charge in [-0.1, -0.05) is 0 Å². The van der Waals surface area contributed by atoms with E-state index in [2.05, 4.69) is 19.1 Å². The van der Waals surface area contributed by atoms with Crippen LogP contribution in [0.1, 0.15) is 13.3 Å². The van der Waals surface area contributed by atoms with Gasteiger partial charge in [-0.15, -0.1) is 0 Å². The van der Waals surface area contributed by atoms with E-state index in [1.807, 2.05) is 0 Å². The molecule has 1 unspecified atom stereocenters. The van der Waals surface area contributed by atoms with Crippen molar-refractivity contribution in [3.05, 3.63) is 12.2 Å². The van der Waals surface area contributed by atoms with E-state index in [9.17, 15) is 0 Å². The van der Waals surface area contributed by atoms with Crippen molar-refractivity contribution in [2.75, 3.05) is 4.43 Å². The molecule has 1 atom stereocenters. The first-order valence-electron chi connectivity index (χ1n) is 2.64. The van der Waals surface area contributed by atoms with E-state index in [4.69, 9.17) is 0 Å². The summed E-state index contributed by atoms with van der Waals surface area (Å²) < 4.78 is 2.48. The van der Waals surface area contributed by atoms with Crippen molar-refractivity contribution in [3.8, 4) is 0 Å². The molecule has 0 saturated carbocycles. The first-order chi connectivity index (χ1) is 3.39. The fourth-order valence-electron chi connectivity index (χ4n) is 0.633. The Morgan fingerprint density at radius 2 is 2.57 bits per heavy atom. The van der Waals surface area contributed by atoms with Crippen molar-refractivity contribution >= 4 is 0 Å². The van der Waals surface area contributed by atoms with E-state index in [1.54, 1.807) is 0 Å². The molecule has 0 saturated heterocycles. The quantitative estimate of drug-likeness (QED) is 0.257. The second-order valence-corrected chi connectivity index (χ2v) is 5.66. The van der Waals surface area contributed by atoms with Crippen molar-refractivity contribution in [2.24, 2.45) is 0 Å². The zero-order valence-electron chi connectivity index (χ0n) is 4.52. The summed E-state index contributed by atoms with van der Waals surface area (Å²) in [6, 6.07) is 0. The van der Waals surface area contributed by atoms with Gasteiger partial charge in [0.25, 0.3) is 0 Å². The molecule has 0 nitrogen and oxygen atoms in total. The van der Waals surface area contributed by atoms with E-state index < -0.39 is 0 Å². The Hall–Kier alpha value is 0.470. The van der Waals surface area contributed by atoms with Crippen molar-refractivity contribution < 1.29 is 21.2 Å². The van der Waals surface area contributed by atoms with Crippen molar-refractivity contribution in [2.45, 2.75) is 17.3 Å². The van der Waals surface area contributed by atoms with Crippen LogP contribution in [0.3, 0.4) is 0 Å². The second kappa shape index (κ2) is 2.70. The predicted octanol–water partition coefficient (Wildman–Crippen LogP) is -1.58. The average Bonchev–Trinajstić information content (AvgIpc) is 1.69. The Balaban J connectivity index is 2.36. The molecule has 0 aromatic carbocycles. The minimum atomic E-state index is 0.565. The molecule has 42 valence electrons. The topological polar surface area (TPSA) is 0 Å². The van der Waals surface area contributed by atoms with E-state index in [1.165, 1.54) is 10.8 Å². The molecular weight excluding hydrogens is 199 g/mol. The SMILES string of the molecule is CC1C=CCC[I-]1. The molecule has 0 radical (unpaired) electrons. The van der Waals surface area contributed by atoms with Crippen LogP contribution in [-0.4, -0.2) is 8.35 Å². The van der Waals surface area contributed by atoms with Crippen LogP contribution in [-0.2, 0) is 0 Å². The number of rotatable bonds is 0. The van der Waals surface area contributed by atoms with Gasteiger partial charge in [0.2, 0.25) is 0 Å². The molecule has 0 amide bonds. The Kier molecular flexibility index (Phi) is 2.16. The Morgan fingerprint density at radius 3 is 2.86 bits per heavy atom. The minimum absolute atomic E-state index is 0.565. The monoisotopic (exact) mass is 209 g/mol. The summed E-state index contributed by atoms with van der Waals surface area (Å²) in [7, 11) is 0. The predicted molar refractivity (Wildman–Crippen MR) is 28.1 cm³/mol. The molecule has 1 aliphatic rings. The van der Waals surface area contributed by atoms with Crippen LogP contribution in [0, 0.1) is 0 Å². The molecule has 1 heterocycles. The van der Waals surface area contributed by atoms with Gasteiger partial charge in [0, 0.05) is 0 Å². The van der Waals surface area contributed by atoms with Crippen molar-refractivity contribution in [3.63, 3.8) is 0 Å². The number of allylic oxidation sites excluding steroid dienone is 2. The van der Waals surface area contributed by atoms with Gasteiger partial charge in [-0.05, 0) is 0 Å². The van der Waals surface area contributed by atoms with Gasteiger partial charge in [0.05, 0.1) is 0 Å². The van der Waals surface area contributed by atoms with Crippen LogP contribution in [0.2, 0.25) is 0 Å². The Labute approximate surface area is 55.3 Å². The number of halogens is 1. The summed E-state index contributed by atoms with van der Waals surface area (Å²) in [5.74, 6) is 0. The molecule has 0 N–H and O–H groups in total. The van der Waals surface area contributed by atoms with Crippen LogP contribution in [0.5, 0.6) is 0 Å². The molecule has 0 fully saturated rings. The van der Waals surface area contributed by atoms with Crippen molar-refractivity contribution in [1.29, 1.82) is 0 Å². The molecule has 1 heteroatoms. The molecule has 7 heavy (non-hydrogen) atoms. The van der Waals surface area contributed by atoms with E-state index >= 15 is 0 Å². The summed E-state index contributed by atoms with van der Waals surface area (Å²) in [6.07, 6.45) is 6.03. The average molecular weight is 209 g/mol. The first-order valence-corrected chi connectivity index (χ1v) is 5.41. The van der Waals surface area contributed by atoms with Crippen LogP contribution in [0.25, 0.3) is 0 Å². The van der Waals surface area contributed by atoms with Crippen LogP contribution < -0.4 is 21.2 Å². The third-order valence-electron chi connectivity index (χ3n) is 1.03. The third kappa shape index (κ3) is 1.80. The summed E-state index contributed by atoms with van der Waals surface area (Å²) in [5, 5.41) is 0. The molecule has 0 spiro atoms. The van der Waals surface area contributed by atoms with Gasteiger partial charge in [-0.2, -0.15) is 0 Å². The summed E-state index contributed by atoms with van der Waals surface area (Å²) in [6.45, 7) is 2.32. The van der Waals surface area contributed by atoms with Gasteiger partial charge in [0.15, 0.2) is 0 Å². The van der Waals surface area contributed by atoms with E-state index in [-0.39, 0.29) is 0 Å². The summed E-state index contributed by atoms with van der Waals surface area (Å²) >= 11 is 0.565. The zero-order chi connectivity index (χ0) is 5.11. The van der Waals surface area contributed by atoms with Crippen LogP contribution in [0.15, 0.2) is 12.2 Å². The molecule has 0 aromatic heterocycles. The van der Waals surface area contributed by atoms with Crippen molar-refractivity contribution in [1.82, 2.24) is 0 Å². The van der Waals surface area contributed by atoms with Gasteiger partial charge in [-0.25, -0.2) is 0 Å². The normalized spacial score (nSPS) is 31.9. The maximum atomic E-state index is 2.36. The summed E-state index contributed by atoms with van der Waals surface area (Å²) in [5.41, 5.74) is 0. The summed E-state index contributed by atoms with van der Waals surface area (Å²) in [4.78, 5) is 0. The van der Waals surface area contributed by atoms with Gasteiger partial charge in [0.1, 0.15) is 0 Å². The van der Waals surface area contributed by atoms with Crippen LogP contribution in [0.4, 0.5) is 0 Å². The molecule has 0 bridgehead atoms. The van der Waals surface area contributed by atoms with Gasteiger partial charge in [-0.3, -0.25) is 0 Å². The number of hydrogen-bond acceptors (Lipinski definition) is 0. The maximum absolute atomic E-state index is 2.36. The second-order valence-electron chi connectivity index (χ2n) is 1.74. The van der Waals surface area contributed by atoms with Crippen LogP contribution >= 0.6 is 0 Å². The fourth-order valence-corrected chi connectivity index (χ4v) is 2.92. The fraction of sp³-hybridized carbons (Fsp3) is 0.667. The molecule has 0 aromatic rings.